The molecular formula is C36H68N2O12. The molecule has 3 saturated heterocycles. The van der Waals surface area contributed by atoms with Gasteiger partial charge in [0.1, 0.15) is 30.0 Å². The second-order valence-corrected chi connectivity index (χ2v) is 16.3. The van der Waals surface area contributed by atoms with Crippen LogP contribution in [0, 0.1) is 17.8 Å². The van der Waals surface area contributed by atoms with Crippen LogP contribution in [0.3, 0.4) is 0 Å². The van der Waals surface area contributed by atoms with Gasteiger partial charge in [0.25, 0.3) is 0 Å². The third-order valence-corrected chi connectivity index (χ3v) is 11.6. The van der Waals surface area contributed by atoms with Crippen molar-refractivity contribution in [3.63, 3.8) is 0 Å². The number of ether oxygens (including phenoxy) is 6. The molecule has 14 heteroatoms. The second-order valence-electron chi connectivity index (χ2n) is 16.3. The van der Waals surface area contributed by atoms with E-state index in [1.807, 2.05) is 25.8 Å². The Morgan fingerprint density at radius 2 is 1.58 bits per heavy atom. The fourth-order valence-electron chi connectivity index (χ4n) is 8.28. The normalized spacial score (nSPS) is 51.0. The molecule has 3 rings (SSSR count). The third kappa shape index (κ3) is 9.55. The van der Waals surface area contributed by atoms with Crippen molar-refractivity contribution in [3.05, 3.63) is 0 Å². The quantitative estimate of drug-likeness (QED) is 0.214. The van der Waals surface area contributed by atoms with Crippen LogP contribution in [0.2, 0.25) is 0 Å². The van der Waals surface area contributed by atoms with Gasteiger partial charge in [0.05, 0.1) is 41.5 Å². The second kappa shape index (κ2) is 17.0. The van der Waals surface area contributed by atoms with E-state index < -0.39 is 102 Å². The van der Waals surface area contributed by atoms with Crippen molar-refractivity contribution in [1.29, 1.82) is 0 Å². The van der Waals surface area contributed by atoms with Gasteiger partial charge in [-0.15, -0.1) is 0 Å². The number of hydrogen-bond acceptors (Lipinski definition) is 14. The Kier molecular flexibility index (Phi) is 14.7. The third-order valence-electron chi connectivity index (χ3n) is 11.6. The van der Waals surface area contributed by atoms with Crippen LogP contribution in [-0.2, 0) is 33.2 Å². The molecule has 0 aliphatic carbocycles. The van der Waals surface area contributed by atoms with Crippen molar-refractivity contribution in [2.45, 2.75) is 185 Å². The molecule has 3 aliphatic rings. The van der Waals surface area contributed by atoms with Gasteiger partial charge >= 0.3 is 5.97 Å². The summed E-state index contributed by atoms with van der Waals surface area (Å²) in [6.07, 6.45) is -8.74. The van der Waals surface area contributed by atoms with E-state index in [2.05, 4.69) is 0 Å². The minimum absolute atomic E-state index is 0.123. The van der Waals surface area contributed by atoms with Crippen molar-refractivity contribution in [3.8, 4) is 0 Å². The minimum atomic E-state index is -1.80. The molecule has 3 heterocycles. The van der Waals surface area contributed by atoms with E-state index in [0.29, 0.717) is 13.0 Å². The maximum Gasteiger partial charge on any atom is 0.311 e. The van der Waals surface area contributed by atoms with E-state index in [-0.39, 0.29) is 31.3 Å². The summed E-state index contributed by atoms with van der Waals surface area (Å²) >= 11 is 0. The van der Waals surface area contributed by atoms with Crippen molar-refractivity contribution < 1.29 is 58.7 Å². The number of carbonyl (C=O) groups excluding carboxylic acids is 1. The predicted molar refractivity (Wildman–Crippen MR) is 185 cm³/mol. The van der Waals surface area contributed by atoms with E-state index in [1.54, 1.807) is 48.5 Å². The van der Waals surface area contributed by atoms with Gasteiger partial charge in [-0.25, -0.2) is 0 Å². The van der Waals surface area contributed by atoms with Crippen LogP contribution in [0.15, 0.2) is 0 Å². The molecule has 0 aromatic carbocycles. The van der Waals surface area contributed by atoms with Gasteiger partial charge in [-0.3, -0.25) is 4.79 Å². The van der Waals surface area contributed by atoms with Gasteiger partial charge in [-0.05, 0) is 80.7 Å². The van der Waals surface area contributed by atoms with Crippen LogP contribution in [-0.4, -0.2) is 147 Å². The molecule has 14 nitrogen and oxygen atoms in total. The van der Waals surface area contributed by atoms with Crippen LogP contribution >= 0.6 is 0 Å². The highest BCUT2D eigenvalue weighted by molar-refractivity contribution is 5.73. The Balaban J connectivity index is 2.16. The van der Waals surface area contributed by atoms with Crippen LogP contribution in [0.25, 0.3) is 0 Å². The minimum Gasteiger partial charge on any atom is -0.459 e. The van der Waals surface area contributed by atoms with Gasteiger partial charge in [-0.1, -0.05) is 20.8 Å². The molecule has 3 fully saturated rings. The van der Waals surface area contributed by atoms with E-state index in [9.17, 15) is 30.3 Å². The Morgan fingerprint density at radius 3 is 2.16 bits per heavy atom. The van der Waals surface area contributed by atoms with Crippen molar-refractivity contribution >= 4 is 5.97 Å². The first kappa shape index (κ1) is 43.4. The van der Waals surface area contributed by atoms with Crippen molar-refractivity contribution in [2.24, 2.45) is 23.5 Å². The first-order chi connectivity index (χ1) is 23.0. The maximum absolute atomic E-state index is 14.1. The summed E-state index contributed by atoms with van der Waals surface area (Å²) in [4.78, 5) is 16.0. The highest BCUT2D eigenvalue weighted by Crippen LogP contribution is 2.40. The fourth-order valence-corrected chi connectivity index (χ4v) is 8.28. The van der Waals surface area contributed by atoms with Crippen LogP contribution in [0.4, 0.5) is 0 Å². The average molecular weight is 721 g/mol. The van der Waals surface area contributed by atoms with E-state index in [1.165, 1.54) is 14.0 Å². The van der Waals surface area contributed by atoms with Crippen LogP contribution in [0.5, 0.6) is 0 Å². The molecule has 0 amide bonds. The number of cyclic esters (lactones) is 1. The zero-order chi connectivity index (χ0) is 38.1. The van der Waals surface area contributed by atoms with Gasteiger partial charge in [-0.2, -0.15) is 0 Å². The largest absolute Gasteiger partial charge is 0.459 e. The highest BCUT2D eigenvalue weighted by Gasteiger charge is 2.52. The number of nitrogens with zero attached hydrogens (tertiary/aromatic N) is 1. The Labute approximate surface area is 298 Å². The highest BCUT2D eigenvalue weighted by atomic mass is 16.7. The summed E-state index contributed by atoms with van der Waals surface area (Å²) < 4.78 is 37.0. The molecule has 3 aliphatic heterocycles. The topological polar surface area (TPSA) is 203 Å². The monoisotopic (exact) mass is 720 g/mol. The predicted octanol–water partition coefficient (Wildman–Crippen LogP) is 1.30. The van der Waals surface area contributed by atoms with Gasteiger partial charge in [0.15, 0.2) is 12.6 Å². The summed E-state index contributed by atoms with van der Waals surface area (Å²) in [5.74, 6) is -2.64. The molecule has 0 bridgehead atoms. The fraction of sp³-hybridized carbons (Fsp3) is 0.972. The van der Waals surface area contributed by atoms with Crippen LogP contribution < -0.4 is 5.73 Å². The molecule has 50 heavy (non-hydrogen) atoms. The van der Waals surface area contributed by atoms with E-state index in [0.717, 1.165) is 0 Å². The number of aliphatic hydroxyl groups is 5. The number of nitrogens with two attached hydrogens (primary N) is 1. The Morgan fingerprint density at radius 1 is 0.960 bits per heavy atom. The zero-order valence-electron chi connectivity index (χ0n) is 32.3. The van der Waals surface area contributed by atoms with Crippen molar-refractivity contribution in [1.82, 2.24) is 4.90 Å². The number of esters is 1. The molecule has 1 unspecified atom stereocenters. The van der Waals surface area contributed by atoms with E-state index >= 15 is 0 Å². The number of aliphatic hydroxyl groups excluding tert-OH is 3. The SMILES string of the molecule is CC[C@H]1OC(=O)[C@H](C)[C@@H](O[C@H]2C[C@@](C)(OC)[C@@H](O)[C@H](C)O2)[C@H](C)[C@@H](OC2O[C@H](C)C[C@H](N)[C@H]2O)[C@](C)(O)C[C@@H](C)CN(C)[C@H](C)[C@@H](O)[C@]1(C)O. The lowest BCUT2D eigenvalue weighted by Crippen LogP contribution is -2.60. The average Bonchev–Trinajstić information content (AvgIpc) is 3.03. The van der Waals surface area contributed by atoms with Crippen LogP contribution in [0.1, 0.15) is 94.9 Å². The molecule has 0 aromatic heterocycles. The molecule has 0 spiro atoms. The number of hydrogen-bond donors (Lipinski definition) is 6. The first-order valence-electron chi connectivity index (χ1n) is 18.3. The molecule has 7 N–H and O–H groups in total. The number of carbonyl (C=O) groups is 1. The van der Waals surface area contributed by atoms with Gasteiger partial charge < -0.3 is 64.6 Å². The van der Waals surface area contributed by atoms with Gasteiger partial charge in [0, 0.05) is 38.1 Å². The molecule has 0 radical (unpaired) electrons. The standard InChI is InChI=1S/C36H68N2O12/c1-13-25-36(10,44)29(40)22(6)38(11)17-18(2)15-34(8,43)31(50-33-27(39)24(37)14-19(3)46-33)20(4)28(21(5)32(42)48-25)49-26-16-35(9,45-12)30(41)23(7)47-26/h18-31,33,39-41,43-44H,13-17,37H2,1-12H3/t18-,19-,20+,21-,22-,23+,24+,25-,26+,27-,28+,29-,30+,31-,33?,34-,35-,36-/m1/s1. The number of methoxy groups -OCH3 is 1. The lowest BCUT2D eigenvalue weighted by molar-refractivity contribution is -0.315. The molecule has 294 valence electrons. The summed E-state index contributed by atoms with van der Waals surface area (Å²) in [7, 11) is 3.32. The molecular weight excluding hydrogens is 652 g/mol. The summed E-state index contributed by atoms with van der Waals surface area (Å²) in [6.45, 7) is 17.8. The first-order valence-corrected chi connectivity index (χ1v) is 18.3. The maximum atomic E-state index is 14.1. The number of rotatable bonds is 6. The summed E-state index contributed by atoms with van der Waals surface area (Å²) in [5.41, 5.74) is 1.86. The summed E-state index contributed by atoms with van der Waals surface area (Å²) in [6, 6.07) is -1.17. The summed E-state index contributed by atoms with van der Waals surface area (Å²) in [5, 5.41) is 57.4. The molecule has 0 saturated carbocycles. The lowest BCUT2D eigenvalue weighted by atomic mass is 9.77. The molecule has 18 atom stereocenters. The smallest absolute Gasteiger partial charge is 0.311 e. The Bertz CT molecular complexity index is 1100. The van der Waals surface area contributed by atoms with Crippen molar-refractivity contribution in [2.75, 3.05) is 20.7 Å². The lowest BCUT2D eigenvalue weighted by Gasteiger charge is -2.48. The Hall–Kier alpha value is -1.01. The molecule has 0 aromatic rings. The van der Waals surface area contributed by atoms with E-state index in [4.69, 9.17) is 34.2 Å². The van der Waals surface area contributed by atoms with Gasteiger partial charge in [0.2, 0.25) is 0 Å². The number of likely N-dealkylation sites (N-methyl/N-ethyl adjacent to an activating group) is 1. The zero-order valence-corrected chi connectivity index (χ0v) is 32.3.